The lowest BCUT2D eigenvalue weighted by Gasteiger charge is -2.16. The zero-order chi connectivity index (χ0) is 14.1. The largest absolute Gasteiger partial charge is 0.493 e. The fourth-order valence-corrected chi connectivity index (χ4v) is 2.90. The van der Waals surface area contributed by atoms with Crippen molar-refractivity contribution in [3.63, 3.8) is 0 Å². The number of benzene rings is 2. The van der Waals surface area contributed by atoms with Crippen molar-refractivity contribution < 1.29 is 9.84 Å². The molecule has 0 aromatic heterocycles. The van der Waals surface area contributed by atoms with E-state index in [1.807, 2.05) is 12.1 Å². The van der Waals surface area contributed by atoms with E-state index in [0.717, 1.165) is 24.3 Å². The molecule has 0 spiro atoms. The molecule has 2 aromatic rings. The molecule has 0 radical (unpaired) electrons. The Hall–Kier alpha value is -1.80. The number of ether oxygens (including phenoxy) is 1. The van der Waals surface area contributed by atoms with Gasteiger partial charge in [-0.1, -0.05) is 24.3 Å². The van der Waals surface area contributed by atoms with Crippen LogP contribution < -0.4 is 4.74 Å². The minimum absolute atomic E-state index is 0.458. The van der Waals surface area contributed by atoms with Crippen LogP contribution in [-0.2, 0) is 12.8 Å². The predicted octanol–water partition coefficient (Wildman–Crippen LogP) is 3.51. The van der Waals surface area contributed by atoms with Gasteiger partial charge in [-0.05, 0) is 53.8 Å². The summed E-state index contributed by atoms with van der Waals surface area (Å²) >= 11 is 0. The number of fused-ring (bicyclic) bond motifs is 1. The smallest absolute Gasteiger partial charge is 0.122 e. The van der Waals surface area contributed by atoms with E-state index < -0.39 is 6.10 Å². The number of hydrogen-bond donors (Lipinski definition) is 1. The molecule has 0 saturated carbocycles. The van der Waals surface area contributed by atoms with E-state index in [4.69, 9.17) is 4.74 Å². The third kappa shape index (κ3) is 2.44. The maximum Gasteiger partial charge on any atom is 0.122 e. The number of aliphatic hydroxyl groups excluding tert-OH is 1. The van der Waals surface area contributed by atoms with E-state index in [1.54, 1.807) is 0 Å². The summed E-state index contributed by atoms with van der Waals surface area (Å²) in [6, 6.07) is 12.3. The van der Waals surface area contributed by atoms with Gasteiger partial charge in [-0.15, -0.1) is 0 Å². The molecule has 2 aromatic carbocycles. The summed E-state index contributed by atoms with van der Waals surface area (Å²) in [4.78, 5) is 0. The summed E-state index contributed by atoms with van der Waals surface area (Å²) in [7, 11) is 0. The number of hydrogen-bond acceptors (Lipinski definition) is 2. The standard InChI is InChI=1S/C18H20O2/c1-12-4-3-5-13(2)16(12)11-17(19)14-6-7-18-15(10-14)8-9-20-18/h3-7,10,17,19H,8-9,11H2,1-2H3. The first-order chi connectivity index (χ1) is 9.65. The summed E-state index contributed by atoms with van der Waals surface area (Å²) in [5, 5.41) is 10.5. The summed E-state index contributed by atoms with van der Waals surface area (Å²) in [5.41, 5.74) is 5.93. The molecule has 0 fully saturated rings. The molecule has 1 aliphatic rings. The van der Waals surface area contributed by atoms with Gasteiger partial charge in [0.15, 0.2) is 0 Å². The zero-order valence-electron chi connectivity index (χ0n) is 12.0. The first kappa shape index (κ1) is 13.2. The highest BCUT2D eigenvalue weighted by Gasteiger charge is 2.16. The summed E-state index contributed by atoms with van der Waals surface area (Å²) in [6.45, 7) is 4.96. The van der Waals surface area contributed by atoms with Crippen LogP contribution in [0.5, 0.6) is 5.75 Å². The van der Waals surface area contributed by atoms with Gasteiger partial charge in [-0.2, -0.15) is 0 Å². The number of aliphatic hydroxyl groups is 1. The number of rotatable bonds is 3. The van der Waals surface area contributed by atoms with Gasteiger partial charge >= 0.3 is 0 Å². The number of aryl methyl sites for hydroxylation is 2. The van der Waals surface area contributed by atoms with Gasteiger partial charge in [0.25, 0.3) is 0 Å². The highest BCUT2D eigenvalue weighted by molar-refractivity contribution is 5.41. The lowest BCUT2D eigenvalue weighted by molar-refractivity contribution is 0.178. The molecule has 1 atom stereocenters. The van der Waals surface area contributed by atoms with Crippen molar-refractivity contribution in [2.45, 2.75) is 32.8 Å². The van der Waals surface area contributed by atoms with Crippen molar-refractivity contribution >= 4 is 0 Å². The van der Waals surface area contributed by atoms with Crippen LogP contribution in [0.3, 0.4) is 0 Å². The van der Waals surface area contributed by atoms with Crippen LogP contribution in [0, 0.1) is 13.8 Å². The molecule has 1 heterocycles. The first-order valence-corrected chi connectivity index (χ1v) is 7.14. The second kappa shape index (κ2) is 5.29. The fourth-order valence-electron chi connectivity index (χ4n) is 2.90. The molecule has 104 valence electrons. The van der Waals surface area contributed by atoms with Crippen LogP contribution in [0.1, 0.15) is 33.9 Å². The van der Waals surface area contributed by atoms with Crippen molar-refractivity contribution in [2.75, 3.05) is 6.61 Å². The Morgan fingerprint density at radius 1 is 1.15 bits per heavy atom. The van der Waals surface area contributed by atoms with Gasteiger partial charge in [0, 0.05) is 12.8 Å². The lowest BCUT2D eigenvalue weighted by Crippen LogP contribution is -2.05. The van der Waals surface area contributed by atoms with Gasteiger partial charge < -0.3 is 9.84 Å². The van der Waals surface area contributed by atoms with E-state index >= 15 is 0 Å². The Morgan fingerprint density at radius 2 is 1.90 bits per heavy atom. The van der Waals surface area contributed by atoms with Crippen LogP contribution >= 0.6 is 0 Å². The van der Waals surface area contributed by atoms with E-state index in [1.165, 1.54) is 22.3 Å². The highest BCUT2D eigenvalue weighted by atomic mass is 16.5. The van der Waals surface area contributed by atoms with Crippen molar-refractivity contribution in [3.05, 3.63) is 64.2 Å². The van der Waals surface area contributed by atoms with Gasteiger partial charge in [0.2, 0.25) is 0 Å². The third-order valence-corrected chi connectivity index (χ3v) is 4.14. The quantitative estimate of drug-likeness (QED) is 0.923. The Labute approximate surface area is 120 Å². The average Bonchev–Trinajstić information content (AvgIpc) is 2.90. The van der Waals surface area contributed by atoms with Gasteiger partial charge in [0.05, 0.1) is 12.7 Å². The maximum absolute atomic E-state index is 10.5. The molecule has 2 nitrogen and oxygen atoms in total. The molecule has 20 heavy (non-hydrogen) atoms. The third-order valence-electron chi connectivity index (χ3n) is 4.14. The Balaban J connectivity index is 1.84. The second-order valence-corrected chi connectivity index (χ2v) is 5.56. The average molecular weight is 268 g/mol. The van der Waals surface area contributed by atoms with E-state index in [2.05, 4.69) is 38.1 Å². The van der Waals surface area contributed by atoms with E-state index in [9.17, 15) is 5.11 Å². The highest BCUT2D eigenvalue weighted by Crippen LogP contribution is 2.30. The molecule has 0 amide bonds. The van der Waals surface area contributed by atoms with E-state index in [-0.39, 0.29) is 0 Å². The molecule has 2 heteroatoms. The van der Waals surface area contributed by atoms with Crippen molar-refractivity contribution in [1.29, 1.82) is 0 Å². The Morgan fingerprint density at radius 3 is 2.65 bits per heavy atom. The predicted molar refractivity (Wildman–Crippen MR) is 80.2 cm³/mol. The van der Waals surface area contributed by atoms with Gasteiger partial charge in [-0.3, -0.25) is 0 Å². The minimum atomic E-state index is -0.458. The van der Waals surface area contributed by atoms with Crippen molar-refractivity contribution in [1.82, 2.24) is 0 Å². The Bertz CT molecular complexity index is 611. The molecule has 0 bridgehead atoms. The van der Waals surface area contributed by atoms with Gasteiger partial charge in [-0.25, -0.2) is 0 Å². The molecule has 1 N–H and O–H groups in total. The van der Waals surface area contributed by atoms with Crippen LogP contribution in [0.25, 0.3) is 0 Å². The normalized spacial score (nSPS) is 14.8. The van der Waals surface area contributed by atoms with Crippen molar-refractivity contribution in [3.8, 4) is 5.75 Å². The van der Waals surface area contributed by atoms with E-state index in [0.29, 0.717) is 6.42 Å². The molecule has 0 saturated heterocycles. The minimum Gasteiger partial charge on any atom is -0.493 e. The van der Waals surface area contributed by atoms with Crippen LogP contribution in [-0.4, -0.2) is 11.7 Å². The van der Waals surface area contributed by atoms with Gasteiger partial charge in [0.1, 0.15) is 5.75 Å². The molecule has 1 unspecified atom stereocenters. The summed E-state index contributed by atoms with van der Waals surface area (Å²) < 4.78 is 5.51. The Kier molecular flexibility index (Phi) is 3.49. The molecular weight excluding hydrogens is 248 g/mol. The second-order valence-electron chi connectivity index (χ2n) is 5.56. The van der Waals surface area contributed by atoms with Crippen LogP contribution in [0.2, 0.25) is 0 Å². The zero-order valence-corrected chi connectivity index (χ0v) is 12.0. The van der Waals surface area contributed by atoms with Crippen molar-refractivity contribution in [2.24, 2.45) is 0 Å². The topological polar surface area (TPSA) is 29.5 Å². The fraction of sp³-hybridized carbons (Fsp3) is 0.333. The molecule has 0 aliphatic carbocycles. The SMILES string of the molecule is Cc1cccc(C)c1CC(O)c1ccc2c(c1)CCO2. The van der Waals surface area contributed by atoms with Crippen LogP contribution in [0.15, 0.2) is 36.4 Å². The molecule has 3 rings (SSSR count). The monoisotopic (exact) mass is 268 g/mol. The molecular formula is C18H20O2. The summed E-state index contributed by atoms with van der Waals surface area (Å²) in [6.07, 6.45) is 1.15. The maximum atomic E-state index is 10.5. The molecule has 1 aliphatic heterocycles. The lowest BCUT2D eigenvalue weighted by atomic mass is 9.94. The summed E-state index contributed by atoms with van der Waals surface area (Å²) in [5.74, 6) is 0.966. The first-order valence-electron chi connectivity index (χ1n) is 7.14. The van der Waals surface area contributed by atoms with Crippen LogP contribution in [0.4, 0.5) is 0 Å².